The van der Waals surface area contributed by atoms with Crippen molar-refractivity contribution in [2.24, 2.45) is 0 Å². The fourth-order valence-corrected chi connectivity index (χ4v) is 14.1. The molecule has 0 bridgehead atoms. The summed E-state index contributed by atoms with van der Waals surface area (Å²) in [6.07, 6.45) is 9.47. The van der Waals surface area contributed by atoms with Gasteiger partial charge < -0.3 is 4.57 Å². The molecule has 0 spiro atoms. The lowest BCUT2D eigenvalue weighted by molar-refractivity contribution is 1.14. The fraction of sp³-hybridized carbons (Fsp3) is 0. The topological polar surface area (TPSA) is 74.3 Å². The SMILES string of the molecule is c1ccc(-c2ccccc2-c2ccc3c(c2)c2cc(-c4ccccc4-c4ccccn4)ccc2n3-c2ccc3sc4ccc(-n5c6ccc(-c7ccccc7-c7ccccn7)cc6c6cc(-c7ccccc7-c7ccccn7)cnc65)cc4c3c2)nc1. The highest BCUT2D eigenvalue weighted by Gasteiger charge is 2.22. The minimum Gasteiger partial charge on any atom is -0.309 e. The molecule has 0 amide bonds. The predicted octanol–water partition coefficient (Wildman–Crippen LogP) is 20.6. The zero-order valence-electron chi connectivity index (χ0n) is 46.8. The maximum atomic E-state index is 5.43. The van der Waals surface area contributed by atoms with Crippen LogP contribution in [-0.4, -0.2) is 34.1 Å². The Morgan fingerprint density at radius 2 is 0.575 bits per heavy atom. The van der Waals surface area contributed by atoms with Gasteiger partial charge in [0.05, 0.1) is 39.3 Å². The van der Waals surface area contributed by atoms with Crippen LogP contribution in [0.2, 0.25) is 0 Å². The second-order valence-corrected chi connectivity index (χ2v) is 23.1. The summed E-state index contributed by atoms with van der Waals surface area (Å²) in [6.45, 7) is 0. The first-order valence-corrected chi connectivity index (χ1v) is 30.0. The van der Waals surface area contributed by atoms with E-state index in [4.69, 9.17) is 24.9 Å². The average molecular weight is 1130 g/mol. The highest BCUT2D eigenvalue weighted by atomic mass is 32.1. The third kappa shape index (κ3) is 8.52. The van der Waals surface area contributed by atoms with Crippen molar-refractivity contribution >= 4 is 75.3 Å². The number of hydrogen-bond donors (Lipinski definition) is 0. The number of aromatic nitrogens is 7. The first-order valence-electron chi connectivity index (χ1n) is 29.2. The molecule has 9 aromatic carbocycles. The van der Waals surface area contributed by atoms with Crippen LogP contribution in [0.5, 0.6) is 0 Å². The fourth-order valence-electron chi connectivity index (χ4n) is 13.1. The van der Waals surface area contributed by atoms with E-state index in [-0.39, 0.29) is 0 Å². The van der Waals surface area contributed by atoms with Crippen LogP contribution in [0.4, 0.5) is 0 Å². The molecular weight excluding hydrogens is 1080 g/mol. The molecule has 8 heterocycles. The third-order valence-electron chi connectivity index (χ3n) is 17.0. The van der Waals surface area contributed by atoms with E-state index in [0.717, 1.165) is 134 Å². The molecule has 0 saturated heterocycles. The Balaban J connectivity index is 0.848. The van der Waals surface area contributed by atoms with E-state index in [0.29, 0.717) is 0 Å². The molecule has 0 N–H and O–H groups in total. The summed E-state index contributed by atoms with van der Waals surface area (Å²) in [6, 6.07) is 95.6. The normalized spacial score (nSPS) is 11.7. The van der Waals surface area contributed by atoms with Crippen LogP contribution in [0.25, 0.3) is 165 Å². The average Bonchev–Trinajstić information content (AvgIpc) is 1.72. The largest absolute Gasteiger partial charge is 0.309 e. The first-order chi connectivity index (χ1) is 43.1. The van der Waals surface area contributed by atoms with Crippen LogP contribution in [0.3, 0.4) is 0 Å². The van der Waals surface area contributed by atoms with Crippen molar-refractivity contribution in [3.63, 3.8) is 0 Å². The van der Waals surface area contributed by atoms with E-state index in [2.05, 4.69) is 240 Å². The van der Waals surface area contributed by atoms with Gasteiger partial charge in [0.2, 0.25) is 0 Å². The van der Waals surface area contributed by atoms with Crippen molar-refractivity contribution in [1.29, 1.82) is 0 Å². The lowest BCUT2D eigenvalue weighted by Gasteiger charge is -2.12. The summed E-state index contributed by atoms with van der Waals surface area (Å²) >= 11 is 1.83. The van der Waals surface area contributed by atoms with E-state index in [9.17, 15) is 0 Å². The molecule has 406 valence electrons. The van der Waals surface area contributed by atoms with Gasteiger partial charge in [-0.15, -0.1) is 11.3 Å². The van der Waals surface area contributed by atoms with Gasteiger partial charge in [-0.2, -0.15) is 0 Å². The zero-order chi connectivity index (χ0) is 57.4. The van der Waals surface area contributed by atoms with Crippen molar-refractivity contribution in [3.05, 3.63) is 298 Å². The minimum atomic E-state index is 0.883. The van der Waals surface area contributed by atoms with Gasteiger partial charge in [0, 0.05) is 112 Å². The van der Waals surface area contributed by atoms with E-state index in [1.165, 1.54) is 30.9 Å². The molecule has 8 heteroatoms. The Morgan fingerprint density at radius 3 is 0.966 bits per heavy atom. The molecule has 8 aromatic heterocycles. The predicted molar refractivity (Wildman–Crippen MR) is 360 cm³/mol. The Labute approximate surface area is 505 Å². The lowest BCUT2D eigenvalue weighted by Crippen LogP contribution is -1.96. The van der Waals surface area contributed by atoms with Crippen molar-refractivity contribution in [2.45, 2.75) is 0 Å². The number of thiophene rings is 1. The molecule has 0 fully saturated rings. The van der Waals surface area contributed by atoms with Gasteiger partial charge in [-0.1, -0.05) is 140 Å². The van der Waals surface area contributed by atoms with Crippen LogP contribution < -0.4 is 0 Å². The van der Waals surface area contributed by atoms with Crippen molar-refractivity contribution in [2.75, 3.05) is 0 Å². The molecule has 0 radical (unpaired) electrons. The van der Waals surface area contributed by atoms with Gasteiger partial charge in [0.25, 0.3) is 0 Å². The highest BCUT2D eigenvalue weighted by Crippen LogP contribution is 2.45. The summed E-state index contributed by atoms with van der Waals surface area (Å²) in [5, 5.41) is 6.89. The van der Waals surface area contributed by atoms with Gasteiger partial charge in [-0.05, 0) is 166 Å². The third-order valence-corrected chi connectivity index (χ3v) is 18.2. The number of benzene rings is 9. The van der Waals surface area contributed by atoms with E-state index >= 15 is 0 Å². The number of nitrogens with zero attached hydrogens (tertiary/aromatic N) is 7. The maximum absolute atomic E-state index is 5.43. The number of pyridine rings is 5. The molecule has 87 heavy (non-hydrogen) atoms. The number of hydrogen-bond acceptors (Lipinski definition) is 6. The molecular formula is C79H49N7S. The van der Waals surface area contributed by atoms with E-state index in [1.54, 1.807) is 0 Å². The van der Waals surface area contributed by atoms with E-state index in [1.807, 2.05) is 78.7 Å². The number of fused-ring (bicyclic) bond motifs is 9. The van der Waals surface area contributed by atoms with Gasteiger partial charge in [-0.3, -0.25) is 24.5 Å². The Bertz CT molecular complexity index is 4900. The maximum Gasteiger partial charge on any atom is 0.145 e. The van der Waals surface area contributed by atoms with Gasteiger partial charge in [-0.25, -0.2) is 4.98 Å². The molecule has 0 atom stereocenters. The Kier molecular flexibility index (Phi) is 11.9. The van der Waals surface area contributed by atoms with Gasteiger partial charge in [0.15, 0.2) is 0 Å². The lowest BCUT2D eigenvalue weighted by atomic mass is 9.94. The molecule has 0 aliphatic rings. The van der Waals surface area contributed by atoms with Crippen molar-refractivity contribution < 1.29 is 0 Å². The highest BCUT2D eigenvalue weighted by molar-refractivity contribution is 7.25. The molecule has 0 unspecified atom stereocenters. The molecule has 17 rings (SSSR count). The van der Waals surface area contributed by atoms with Gasteiger partial charge >= 0.3 is 0 Å². The van der Waals surface area contributed by atoms with Gasteiger partial charge in [0.1, 0.15) is 5.65 Å². The Hall–Kier alpha value is -11.5. The zero-order valence-corrected chi connectivity index (χ0v) is 47.6. The van der Waals surface area contributed by atoms with Crippen molar-refractivity contribution in [1.82, 2.24) is 34.1 Å². The van der Waals surface area contributed by atoms with Crippen LogP contribution >= 0.6 is 11.3 Å². The second kappa shape index (κ2) is 20.7. The molecule has 0 aliphatic heterocycles. The van der Waals surface area contributed by atoms with E-state index < -0.39 is 0 Å². The quantitative estimate of drug-likeness (QED) is 0.136. The second-order valence-electron chi connectivity index (χ2n) is 22.0. The van der Waals surface area contributed by atoms with Crippen LogP contribution in [0.15, 0.2) is 298 Å². The molecule has 7 nitrogen and oxygen atoms in total. The Morgan fingerprint density at radius 1 is 0.241 bits per heavy atom. The molecule has 0 saturated carbocycles. The molecule has 17 aromatic rings. The standard InChI is InChI=1S/C79H49N7S/c1-5-21-60(70-25-9-13-39-80-70)56(17-1)50-29-34-74-64(43-50)65-44-51(57-18-2-6-22-61(57)71-26-10-14-40-81-71)30-35-75(65)85(74)54-32-37-77-67(47-54)68-48-55(33-38-78(68)87-77)86-76-36-31-52(58-19-3-7-23-62(58)72-27-11-15-41-82-72)45-66(76)69-46-53(49-84-79(69)86)59-20-4-8-24-63(59)73-28-12-16-42-83-73/h1-49H. The minimum absolute atomic E-state index is 0.883. The van der Waals surface area contributed by atoms with Crippen LogP contribution in [-0.2, 0) is 0 Å². The smallest absolute Gasteiger partial charge is 0.145 e. The number of rotatable bonds is 10. The summed E-state index contributed by atoms with van der Waals surface area (Å²) in [4.78, 5) is 24.6. The van der Waals surface area contributed by atoms with Crippen LogP contribution in [0.1, 0.15) is 0 Å². The monoisotopic (exact) mass is 1130 g/mol. The first kappa shape index (κ1) is 50.1. The van der Waals surface area contributed by atoms with Crippen LogP contribution in [0, 0.1) is 0 Å². The summed E-state index contributed by atoms with van der Waals surface area (Å²) < 4.78 is 7.24. The van der Waals surface area contributed by atoms with Crippen molar-refractivity contribution in [3.8, 4) is 101 Å². The summed E-state index contributed by atoms with van der Waals surface area (Å²) in [7, 11) is 0. The summed E-state index contributed by atoms with van der Waals surface area (Å²) in [5.74, 6) is 0. The summed E-state index contributed by atoms with van der Waals surface area (Å²) in [5.41, 5.74) is 23.2. The molecule has 0 aliphatic carbocycles.